The van der Waals surface area contributed by atoms with Crippen LogP contribution in [0.3, 0.4) is 0 Å². The van der Waals surface area contributed by atoms with Gasteiger partial charge >= 0.3 is 0 Å². The van der Waals surface area contributed by atoms with Crippen LogP contribution < -0.4 is 5.32 Å². The number of para-hydroxylation sites is 1. The highest BCUT2D eigenvalue weighted by atomic mass is 16.1. The van der Waals surface area contributed by atoms with Crippen molar-refractivity contribution in [1.82, 2.24) is 14.9 Å². The number of carbonyl (C=O) groups is 1. The summed E-state index contributed by atoms with van der Waals surface area (Å²) in [5, 5.41) is 4.26. The Bertz CT molecular complexity index is 896. The number of hydrogen-bond acceptors (Lipinski definition) is 2. The Balaban J connectivity index is 1.31. The molecular formula is C23H27N3O. The number of aromatic nitrogens is 2. The van der Waals surface area contributed by atoms with Crippen LogP contribution >= 0.6 is 0 Å². The molecule has 0 radical (unpaired) electrons. The number of nitrogens with one attached hydrogen (secondary N) is 1. The van der Waals surface area contributed by atoms with Gasteiger partial charge in [0.15, 0.2) is 0 Å². The standard InChI is InChI=1S/C23H27N3O/c1-19-17-21-10-4-5-11-22(21)26(19)16-7-3-2-6-15-25-23(27)13-12-20-9-8-14-24-18-20/h4-5,8-14,17-18H,2-3,6-7,15-16H2,1H3,(H,25,27)/b13-12+. The lowest BCUT2D eigenvalue weighted by Crippen LogP contribution is -2.21. The minimum atomic E-state index is -0.0479. The third-order valence-electron chi connectivity index (χ3n) is 4.74. The number of pyridine rings is 1. The molecule has 0 saturated heterocycles. The van der Waals surface area contributed by atoms with Crippen LogP contribution in [-0.4, -0.2) is 22.0 Å². The molecule has 1 aromatic carbocycles. The molecule has 0 aliphatic carbocycles. The number of aryl methyl sites for hydroxylation is 2. The van der Waals surface area contributed by atoms with Crippen LogP contribution in [0.1, 0.15) is 36.9 Å². The van der Waals surface area contributed by atoms with Crippen molar-refractivity contribution < 1.29 is 4.79 Å². The van der Waals surface area contributed by atoms with E-state index in [-0.39, 0.29) is 5.91 Å². The van der Waals surface area contributed by atoms with E-state index in [0.717, 1.165) is 37.9 Å². The molecule has 3 rings (SSSR count). The van der Waals surface area contributed by atoms with E-state index in [9.17, 15) is 4.79 Å². The van der Waals surface area contributed by atoms with Crippen LogP contribution in [0, 0.1) is 6.92 Å². The molecular weight excluding hydrogens is 334 g/mol. The molecule has 2 heterocycles. The summed E-state index contributed by atoms with van der Waals surface area (Å²) in [4.78, 5) is 15.8. The van der Waals surface area contributed by atoms with Crippen molar-refractivity contribution in [2.45, 2.75) is 39.2 Å². The van der Waals surface area contributed by atoms with Crippen LogP contribution in [0.5, 0.6) is 0 Å². The average Bonchev–Trinajstić information content (AvgIpc) is 3.01. The van der Waals surface area contributed by atoms with E-state index < -0.39 is 0 Å². The zero-order valence-electron chi connectivity index (χ0n) is 15.9. The zero-order valence-corrected chi connectivity index (χ0v) is 15.9. The molecule has 0 aliphatic heterocycles. The van der Waals surface area contributed by atoms with Gasteiger partial charge in [0.2, 0.25) is 5.91 Å². The summed E-state index contributed by atoms with van der Waals surface area (Å²) in [6.07, 6.45) is 11.3. The molecule has 2 aromatic heterocycles. The van der Waals surface area contributed by atoms with Crippen molar-refractivity contribution in [2.75, 3.05) is 6.54 Å². The van der Waals surface area contributed by atoms with Gasteiger partial charge in [-0.25, -0.2) is 0 Å². The monoisotopic (exact) mass is 361 g/mol. The molecule has 140 valence electrons. The van der Waals surface area contributed by atoms with Crippen LogP contribution in [0.2, 0.25) is 0 Å². The van der Waals surface area contributed by atoms with Gasteiger partial charge in [-0.05, 0) is 55.0 Å². The Kier molecular flexibility index (Phi) is 6.80. The maximum Gasteiger partial charge on any atom is 0.243 e. The number of hydrogen-bond donors (Lipinski definition) is 1. The van der Waals surface area contributed by atoms with Crippen molar-refractivity contribution in [2.24, 2.45) is 0 Å². The molecule has 1 amide bonds. The highest BCUT2D eigenvalue weighted by molar-refractivity contribution is 5.91. The van der Waals surface area contributed by atoms with Gasteiger partial charge in [-0.3, -0.25) is 9.78 Å². The smallest absolute Gasteiger partial charge is 0.243 e. The number of rotatable bonds is 9. The maximum absolute atomic E-state index is 11.8. The molecule has 27 heavy (non-hydrogen) atoms. The quantitative estimate of drug-likeness (QED) is 0.442. The van der Waals surface area contributed by atoms with Gasteiger partial charge in [0.1, 0.15) is 0 Å². The van der Waals surface area contributed by atoms with E-state index in [2.05, 4.69) is 52.1 Å². The average molecular weight is 361 g/mol. The molecule has 0 unspecified atom stereocenters. The molecule has 0 fully saturated rings. The Hall–Kier alpha value is -2.88. The number of nitrogens with zero attached hydrogens (tertiary/aromatic N) is 2. The zero-order chi connectivity index (χ0) is 18.9. The van der Waals surface area contributed by atoms with Crippen LogP contribution in [0.25, 0.3) is 17.0 Å². The molecule has 0 spiro atoms. The van der Waals surface area contributed by atoms with Crippen molar-refractivity contribution in [1.29, 1.82) is 0 Å². The Labute approximate surface area is 160 Å². The van der Waals surface area contributed by atoms with Gasteiger partial charge in [-0.15, -0.1) is 0 Å². The van der Waals surface area contributed by atoms with Gasteiger partial charge < -0.3 is 9.88 Å². The maximum atomic E-state index is 11.8. The molecule has 3 aromatic rings. The first-order chi connectivity index (χ1) is 13.2. The summed E-state index contributed by atoms with van der Waals surface area (Å²) in [6, 6.07) is 14.6. The summed E-state index contributed by atoms with van der Waals surface area (Å²) >= 11 is 0. The van der Waals surface area contributed by atoms with Gasteiger partial charge in [-0.2, -0.15) is 0 Å². The van der Waals surface area contributed by atoms with Crippen molar-refractivity contribution >= 4 is 22.9 Å². The van der Waals surface area contributed by atoms with Gasteiger partial charge in [0.25, 0.3) is 0 Å². The SMILES string of the molecule is Cc1cc2ccccc2n1CCCCCCNC(=O)/C=C/c1cccnc1. The van der Waals surface area contributed by atoms with E-state index in [0.29, 0.717) is 0 Å². The summed E-state index contributed by atoms with van der Waals surface area (Å²) in [7, 11) is 0. The van der Waals surface area contributed by atoms with Gasteiger partial charge in [0, 0.05) is 42.8 Å². The second kappa shape index (κ2) is 9.72. The Morgan fingerprint density at radius 1 is 1.11 bits per heavy atom. The summed E-state index contributed by atoms with van der Waals surface area (Å²) in [5.74, 6) is -0.0479. The molecule has 4 heteroatoms. The van der Waals surface area contributed by atoms with E-state index >= 15 is 0 Å². The van der Waals surface area contributed by atoms with Gasteiger partial charge in [0.05, 0.1) is 0 Å². The van der Waals surface area contributed by atoms with Gasteiger partial charge in [-0.1, -0.05) is 37.1 Å². The highest BCUT2D eigenvalue weighted by Crippen LogP contribution is 2.20. The van der Waals surface area contributed by atoms with E-state index in [1.807, 2.05) is 12.1 Å². The molecule has 0 atom stereocenters. The van der Waals surface area contributed by atoms with Crippen LogP contribution in [-0.2, 0) is 11.3 Å². The first-order valence-corrected chi connectivity index (χ1v) is 9.65. The third-order valence-corrected chi connectivity index (χ3v) is 4.74. The first kappa shape index (κ1) is 18.9. The van der Waals surface area contributed by atoms with Crippen molar-refractivity contribution in [3.63, 3.8) is 0 Å². The number of fused-ring (bicyclic) bond motifs is 1. The lowest BCUT2D eigenvalue weighted by Gasteiger charge is -2.08. The fourth-order valence-corrected chi connectivity index (χ4v) is 3.31. The molecule has 4 nitrogen and oxygen atoms in total. The van der Waals surface area contributed by atoms with Crippen LogP contribution in [0.15, 0.2) is 60.9 Å². The second-order valence-electron chi connectivity index (χ2n) is 6.82. The summed E-state index contributed by atoms with van der Waals surface area (Å²) < 4.78 is 2.40. The minimum absolute atomic E-state index is 0.0479. The molecule has 1 N–H and O–H groups in total. The Morgan fingerprint density at radius 3 is 2.81 bits per heavy atom. The van der Waals surface area contributed by atoms with E-state index in [1.54, 1.807) is 24.5 Å². The molecule has 0 aliphatic rings. The molecule has 0 bridgehead atoms. The van der Waals surface area contributed by atoms with Crippen LogP contribution in [0.4, 0.5) is 0 Å². The predicted octanol–water partition coefficient (Wildman–Crippen LogP) is 4.73. The fraction of sp³-hybridized carbons (Fsp3) is 0.304. The van der Waals surface area contributed by atoms with Crippen molar-refractivity contribution in [3.05, 3.63) is 72.2 Å². The first-order valence-electron chi connectivity index (χ1n) is 9.65. The topological polar surface area (TPSA) is 46.9 Å². The number of amides is 1. The van der Waals surface area contributed by atoms with E-state index in [4.69, 9.17) is 0 Å². The molecule has 0 saturated carbocycles. The Morgan fingerprint density at radius 2 is 1.96 bits per heavy atom. The number of unbranched alkanes of at least 4 members (excludes halogenated alkanes) is 3. The highest BCUT2D eigenvalue weighted by Gasteiger charge is 2.04. The van der Waals surface area contributed by atoms with E-state index in [1.165, 1.54) is 23.0 Å². The number of carbonyl (C=O) groups excluding carboxylic acids is 1. The summed E-state index contributed by atoms with van der Waals surface area (Å²) in [6.45, 7) is 3.95. The lowest BCUT2D eigenvalue weighted by molar-refractivity contribution is -0.116. The summed E-state index contributed by atoms with van der Waals surface area (Å²) in [5.41, 5.74) is 3.58. The lowest BCUT2D eigenvalue weighted by atomic mass is 10.2. The second-order valence-corrected chi connectivity index (χ2v) is 6.82. The normalized spacial score (nSPS) is 11.3. The number of benzene rings is 1. The van der Waals surface area contributed by atoms with Crippen molar-refractivity contribution in [3.8, 4) is 0 Å². The largest absolute Gasteiger partial charge is 0.353 e. The predicted molar refractivity (Wildman–Crippen MR) is 111 cm³/mol. The minimum Gasteiger partial charge on any atom is -0.353 e. The third kappa shape index (κ3) is 5.55. The fourth-order valence-electron chi connectivity index (χ4n) is 3.31.